The van der Waals surface area contributed by atoms with Crippen LogP contribution in [0.25, 0.3) is 0 Å². The number of benzene rings is 1. The molecule has 1 aromatic carbocycles. The van der Waals surface area contributed by atoms with Gasteiger partial charge in [0, 0.05) is 18.5 Å². The summed E-state index contributed by atoms with van der Waals surface area (Å²) in [5, 5.41) is 0. The van der Waals surface area contributed by atoms with E-state index >= 15 is 0 Å². The molecule has 17 heavy (non-hydrogen) atoms. The lowest BCUT2D eigenvalue weighted by atomic mass is 10.1. The molecule has 3 nitrogen and oxygen atoms in total. The maximum Gasteiger partial charge on any atom is 0.164 e. The molecule has 0 aliphatic carbocycles. The first-order valence-electron chi connectivity index (χ1n) is 6.04. The average Bonchev–Trinajstić information content (AvgIpc) is 2.34. The third kappa shape index (κ3) is 5.00. The van der Waals surface area contributed by atoms with Crippen LogP contribution in [-0.2, 0) is 0 Å². The molecule has 0 amide bonds. The summed E-state index contributed by atoms with van der Waals surface area (Å²) in [5.41, 5.74) is 0.760. The van der Waals surface area contributed by atoms with Gasteiger partial charge >= 0.3 is 0 Å². The summed E-state index contributed by atoms with van der Waals surface area (Å²) in [6.07, 6.45) is 1.55. The maximum absolute atomic E-state index is 11.8. The second kappa shape index (κ2) is 7.07. The summed E-state index contributed by atoms with van der Waals surface area (Å²) < 4.78 is 5.47. The van der Waals surface area contributed by atoms with Gasteiger partial charge in [-0.25, -0.2) is 0 Å². The fourth-order valence-electron chi connectivity index (χ4n) is 1.43. The van der Waals surface area contributed by atoms with Crippen LogP contribution in [0.1, 0.15) is 30.1 Å². The number of carbonyl (C=O) groups excluding carboxylic acids is 1. The topological polar surface area (TPSA) is 29.5 Å². The van der Waals surface area contributed by atoms with Crippen LogP contribution in [-0.4, -0.2) is 37.9 Å². The number of nitrogens with zero attached hydrogens (tertiary/aromatic N) is 1. The fourth-order valence-corrected chi connectivity index (χ4v) is 1.43. The number of hydrogen-bond donors (Lipinski definition) is 0. The second-order valence-electron chi connectivity index (χ2n) is 4.35. The molecule has 0 heterocycles. The van der Waals surface area contributed by atoms with Crippen molar-refractivity contribution in [2.24, 2.45) is 0 Å². The van der Waals surface area contributed by atoms with Crippen LogP contribution in [0.15, 0.2) is 24.3 Å². The highest BCUT2D eigenvalue weighted by Gasteiger charge is 2.06. The van der Waals surface area contributed by atoms with Gasteiger partial charge in [0.1, 0.15) is 5.75 Å². The zero-order chi connectivity index (χ0) is 12.7. The molecule has 0 aliphatic rings. The minimum atomic E-state index is 0.181. The Kier molecular flexibility index (Phi) is 5.70. The largest absolute Gasteiger partial charge is 0.494 e. The number of ketones is 1. The van der Waals surface area contributed by atoms with Crippen LogP contribution in [0.2, 0.25) is 0 Å². The van der Waals surface area contributed by atoms with Gasteiger partial charge < -0.3 is 9.64 Å². The molecule has 3 heteroatoms. The molecule has 0 aromatic heterocycles. The second-order valence-corrected chi connectivity index (χ2v) is 4.35. The monoisotopic (exact) mass is 235 g/mol. The first-order chi connectivity index (χ1) is 8.13. The summed E-state index contributed by atoms with van der Waals surface area (Å²) in [4.78, 5) is 13.8. The van der Waals surface area contributed by atoms with Gasteiger partial charge in [-0.3, -0.25) is 4.79 Å². The highest BCUT2D eigenvalue weighted by molar-refractivity contribution is 5.96. The van der Waals surface area contributed by atoms with Gasteiger partial charge in [0.05, 0.1) is 6.61 Å². The molecule has 1 rings (SSSR count). The Bertz CT molecular complexity index is 344. The van der Waals surface area contributed by atoms with E-state index in [1.54, 1.807) is 0 Å². The summed E-state index contributed by atoms with van der Waals surface area (Å²) in [7, 11) is 3.93. The Morgan fingerprint density at radius 3 is 2.41 bits per heavy atom. The third-order valence-electron chi connectivity index (χ3n) is 2.44. The van der Waals surface area contributed by atoms with E-state index in [0.29, 0.717) is 13.0 Å². The van der Waals surface area contributed by atoms with E-state index in [1.165, 1.54) is 0 Å². The van der Waals surface area contributed by atoms with Crippen LogP contribution in [0.3, 0.4) is 0 Å². The van der Waals surface area contributed by atoms with Gasteiger partial charge in [0.25, 0.3) is 0 Å². The van der Waals surface area contributed by atoms with Gasteiger partial charge in [-0.05, 0) is 44.8 Å². The quantitative estimate of drug-likeness (QED) is 0.680. The average molecular weight is 235 g/mol. The van der Waals surface area contributed by atoms with Crippen molar-refractivity contribution in [3.05, 3.63) is 29.8 Å². The smallest absolute Gasteiger partial charge is 0.164 e. The minimum Gasteiger partial charge on any atom is -0.494 e. The van der Waals surface area contributed by atoms with Crippen molar-refractivity contribution >= 4 is 5.78 Å². The molecule has 0 bridgehead atoms. The molecular weight excluding hydrogens is 214 g/mol. The van der Waals surface area contributed by atoms with Gasteiger partial charge in [-0.1, -0.05) is 6.92 Å². The van der Waals surface area contributed by atoms with Crippen molar-refractivity contribution in [1.29, 1.82) is 0 Å². The van der Waals surface area contributed by atoms with Crippen LogP contribution >= 0.6 is 0 Å². The van der Waals surface area contributed by atoms with Gasteiger partial charge in [-0.15, -0.1) is 0 Å². The first-order valence-corrected chi connectivity index (χ1v) is 6.04. The van der Waals surface area contributed by atoms with Gasteiger partial charge in [0.2, 0.25) is 0 Å². The number of carbonyl (C=O) groups is 1. The molecule has 0 unspecified atom stereocenters. The van der Waals surface area contributed by atoms with E-state index in [0.717, 1.165) is 24.3 Å². The SMILES string of the molecule is CCCOc1ccc(C(=O)CCN(C)C)cc1. The lowest BCUT2D eigenvalue weighted by molar-refractivity contribution is 0.0972. The van der Waals surface area contributed by atoms with E-state index in [2.05, 4.69) is 6.92 Å². The van der Waals surface area contributed by atoms with E-state index in [9.17, 15) is 4.79 Å². The Balaban J connectivity index is 2.51. The standard InChI is InChI=1S/C14H21NO2/c1-4-11-17-13-7-5-12(6-8-13)14(16)9-10-15(2)3/h5-8H,4,9-11H2,1-3H3. The molecule has 0 N–H and O–H groups in total. The lowest BCUT2D eigenvalue weighted by Crippen LogP contribution is -2.16. The summed E-state index contributed by atoms with van der Waals surface area (Å²) >= 11 is 0. The van der Waals surface area contributed by atoms with E-state index in [4.69, 9.17) is 4.74 Å². The van der Waals surface area contributed by atoms with E-state index < -0.39 is 0 Å². The Labute approximate surface area is 103 Å². The number of rotatable bonds is 7. The zero-order valence-corrected chi connectivity index (χ0v) is 10.9. The summed E-state index contributed by atoms with van der Waals surface area (Å²) in [6, 6.07) is 7.39. The third-order valence-corrected chi connectivity index (χ3v) is 2.44. The predicted molar refractivity (Wildman–Crippen MR) is 69.7 cm³/mol. The predicted octanol–water partition coefficient (Wildman–Crippen LogP) is 2.61. The summed E-state index contributed by atoms with van der Waals surface area (Å²) in [5.74, 6) is 1.01. The molecule has 0 fully saturated rings. The van der Waals surface area contributed by atoms with Crippen LogP contribution in [0, 0.1) is 0 Å². The van der Waals surface area contributed by atoms with Gasteiger partial charge in [-0.2, -0.15) is 0 Å². The van der Waals surface area contributed by atoms with Crippen LogP contribution < -0.4 is 4.74 Å². The molecule has 0 atom stereocenters. The van der Waals surface area contributed by atoms with Crippen molar-refractivity contribution < 1.29 is 9.53 Å². The molecule has 0 saturated carbocycles. The van der Waals surface area contributed by atoms with E-state index in [1.807, 2.05) is 43.3 Å². The Morgan fingerprint density at radius 2 is 1.88 bits per heavy atom. The molecular formula is C14H21NO2. The molecule has 1 aromatic rings. The Hall–Kier alpha value is -1.35. The van der Waals surface area contributed by atoms with Crippen molar-refractivity contribution in [3.8, 4) is 5.75 Å². The molecule has 0 saturated heterocycles. The van der Waals surface area contributed by atoms with Crippen molar-refractivity contribution in [1.82, 2.24) is 4.90 Å². The maximum atomic E-state index is 11.8. The lowest BCUT2D eigenvalue weighted by Gasteiger charge is -2.09. The number of ether oxygens (including phenoxy) is 1. The van der Waals surface area contributed by atoms with Crippen LogP contribution in [0.5, 0.6) is 5.75 Å². The highest BCUT2D eigenvalue weighted by Crippen LogP contribution is 2.13. The molecule has 94 valence electrons. The molecule has 0 spiro atoms. The summed E-state index contributed by atoms with van der Waals surface area (Å²) in [6.45, 7) is 3.57. The normalized spacial score (nSPS) is 10.6. The molecule has 0 aliphatic heterocycles. The van der Waals surface area contributed by atoms with Crippen LogP contribution in [0.4, 0.5) is 0 Å². The highest BCUT2D eigenvalue weighted by atomic mass is 16.5. The van der Waals surface area contributed by atoms with Crippen molar-refractivity contribution in [2.75, 3.05) is 27.2 Å². The van der Waals surface area contributed by atoms with Crippen molar-refractivity contribution in [3.63, 3.8) is 0 Å². The number of hydrogen-bond acceptors (Lipinski definition) is 3. The first kappa shape index (κ1) is 13.7. The van der Waals surface area contributed by atoms with E-state index in [-0.39, 0.29) is 5.78 Å². The fraction of sp³-hybridized carbons (Fsp3) is 0.500. The Morgan fingerprint density at radius 1 is 1.24 bits per heavy atom. The van der Waals surface area contributed by atoms with Gasteiger partial charge in [0.15, 0.2) is 5.78 Å². The molecule has 0 radical (unpaired) electrons. The van der Waals surface area contributed by atoms with Crippen molar-refractivity contribution in [2.45, 2.75) is 19.8 Å². The number of Topliss-reactive ketones (excluding diaryl/α,β-unsaturated/α-hetero) is 1. The minimum absolute atomic E-state index is 0.181. The zero-order valence-electron chi connectivity index (χ0n) is 10.9.